The lowest BCUT2D eigenvalue weighted by Gasteiger charge is -2.27. The van der Waals surface area contributed by atoms with Crippen LogP contribution in [0, 0.1) is 23.5 Å². The Bertz CT molecular complexity index is 608. The van der Waals surface area contributed by atoms with Crippen LogP contribution in [0.3, 0.4) is 0 Å². The number of hydrogen-bond acceptors (Lipinski definition) is 2. The highest BCUT2D eigenvalue weighted by molar-refractivity contribution is 5.35. The SMILES string of the molecule is CCCCOc1ccc(OCC2CCC(C=C(F)CCC)CC2)c(F)c1F. The lowest BCUT2D eigenvalue weighted by atomic mass is 9.82. The van der Waals surface area contributed by atoms with Crippen LogP contribution in [-0.4, -0.2) is 13.2 Å². The van der Waals surface area contributed by atoms with E-state index in [9.17, 15) is 13.2 Å². The van der Waals surface area contributed by atoms with Crippen LogP contribution in [0.4, 0.5) is 13.2 Å². The first-order chi connectivity index (χ1) is 13.0. The summed E-state index contributed by atoms with van der Waals surface area (Å²) in [5, 5.41) is 0. The number of allylic oxidation sites excluding steroid dienone is 2. The minimum atomic E-state index is -0.998. The fraction of sp³-hybridized carbons (Fsp3) is 0.636. The average molecular weight is 384 g/mol. The molecule has 5 heteroatoms. The summed E-state index contributed by atoms with van der Waals surface area (Å²) in [5.41, 5.74) is 0. The molecule has 0 atom stereocenters. The molecule has 0 heterocycles. The molecule has 1 aliphatic carbocycles. The van der Waals surface area contributed by atoms with Crippen molar-refractivity contribution in [3.8, 4) is 11.5 Å². The van der Waals surface area contributed by atoms with Gasteiger partial charge in [-0.15, -0.1) is 0 Å². The van der Waals surface area contributed by atoms with Crippen molar-refractivity contribution in [2.75, 3.05) is 13.2 Å². The first kappa shape index (κ1) is 21.6. The van der Waals surface area contributed by atoms with E-state index in [4.69, 9.17) is 9.47 Å². The molecule has 27 heavy (non-hydrogen) atoms. The van der Waals surface area contributed by atoms with Gasteiger partial charge >= 0.3 is 0 Å². The van der Waals surface area contributed by atoms with Crippen LogP contribution in [0.15, 0.2) is 24.0 Å². The molecule has 1 aliphatic rings. The van der Waals surface area contributed by atoms with E-state index in [-0.39, 0.29) is 29.2 Å². The summed E-state index contributed by atoms with van der Waals surface area (Å²) in [7, 11) is 0. The zero-order valence-electron chi connectivity index (χ0n) is 16.4. The molecule has 0 radical (unpaired) electrons. The largest absolute Gasteiger partial charge is 0.490 e. The van der Waals surface area contributed by atoms with Crippen molar-refractivity contribution in [3.05, 3.63) is 35.7 Å². The van der Waals surface area contributed by atoms with Crippen molar-refractivity contribution >= 4 is 0 Å². The van der Waals surface area contributed by atoms with Crippen LogP contribution in [0.25, 0.3) is 0 Å². The summed E-state index contributed by atoms with van der Waals surface area (Å²) < 4.78 is 52.7. The molecular formula is C22H31F3O2. The van der Waals surface area contributed by atoms with Gasteiger partial charge in [0, 0.05) is 0 Å². The van der Waals surface area contributed by atoms with Gasteiger partial charge in [-0.2, -0.15) is 8.78 Å². The Labute approximate surface area is 160 Å². The van der Waals surface area contributed by atoms with Gasteiger partial charge in [0.2, 0.25) is 11.6 Å². The summed E-state index contributed by atoms with van der Waals surface area (Å²) in [6, 6.07) is 2.84. The molecule has 0 aromatic heterocycles. The van der Waals surface area contributed by atoms with E-state index in [0.717, 1.165) is 44.9 Å². The maximum absolute atomic E-state index is 14.2. The van der Waals surface area contributed by atoms with Crippen molar-refractivity contribution in [2.45, 2.75) is 65.2 Å². The highest BCUT2D eigenvalue weighted by Crippen LogP contribution is 2.33. The molecule has 0 N–H and O–H groups in total. The van der Waals surface area contributed by atoms with Gasteiger partial charge in [0.15, 0.2) is 11.5 Å². The Kier molecular flexibility index (Phi) is 9.02. The highest BCUT2D eigenvalue weighted by atomic mass is 19.2. The number of unbranched alkanes of at least 4 members (excludes halogenated alkanes) is 1. The first-order valence-corrected chi connectivity index (χ1v) is 10.1. The quantitative estimate of drug-likeness (QED) is 0.405. The minimum Gasteiger partial charge on any atom is -0.490 e. The average Bonchev–Trinajstić information content (AvgIpc) is 2.66. The van der Waals surface area contributed by atoms with Crippen LogP contribution < -0.4 is 9.47 Å². The van der Waals surface area contributed by atoms with Gasteiger partial charge in [-0.05, 0) is 75.0 Å². The Morgan fingerprint density at radius 2 is 1.63 bits per heavy atom. The molecule has 1 fully saturated rings. The molecule has 2 nitrogen and oxygen atoms in total. The number of benzene rings is 1. The van der Waals surface area contributed by atoms with E-state index in [1.807, 2.05) is 13.8 Å². The zero-order valence-corrected chi connectivity index (χ0v) is 16.4. The second kappa shape index (κ2) is 11.3. The van der Waals surface area contributed by atoms with Gasteiger partial charge in [0.1, 0.15) is 0 Å². The molecule has 1 aromatic rings. The van der Waals surface area contributed by atoms with Crippen molar-refractivity contribution in [2.24, 2.45) is 11.8 Å². The van der Waals surface area contributed by atoms with E-state index in [0.29, 0.717) is 19.6 Å². The van der Waals surface area contributed by atoms with E-state index in [1.165, 1.54) is 12.1 Å². The molecule has 0 spiro atoms. The van der Waals surface area contributed by atoms with Gasteiger partial charge in [-0.25, -0.2) is 4.39 Å². The number of ether oxygens (including phenoxy) is 2. The van der Waals surface area contributed by atoms with Gasteiger partial charge in [-0.3, -0.25) is 0 Å². The minimum absolute atomic E-state index is 0.0176. The van der Waals surface area contributed by atoms with E-state index in [2.05, 4.69) is 0 Å². The third-order valence-corrected chi connectivity index (χ3v) is 5.04. The fourth-order valence-electron chi connectivity index (χ4n) is 3.37. The van der Waals surface area contributed by atoms with Crippen LogP contribution in [0.1, 0.15) is 65.2 Å². The molecule has 0 saturated heterocycles. The fourth-order valence-corrected chi connectivity index (χ4v) is 3.37. The molecule has 0 aliphatic heterocycles. The second-order valence-corrected chi connectivity index (χ2v) is 7.35. The van der Waals surface area contributed by atoms with E-state index in [1.54, 1.807) is 6.08 Å². The van der Waals surface area contributed by atoms with E-state index < -0.39 is 11.6 Å². The molecule has 0 unspecified atom stereocenters. The second-order valence-electron chi connectivity index (χ2n) is 7.35. The first-order valence-electron chi connectivity index (χ1n) is 10.1. The van der Waals surface area contributed by atoms with Gasteiger partial charge in [0.05, 0.1) is 19.0 Å². The number of rotatable bonds is 10. The maximum Gasteiger partial charge on any atom is 0.204 e. The van der Waals surface area contributed by atoms with Crippen LogP contribution in [0.5, 0.6) is 11.5 Å². The normalized spacial score (nSPS) is 20.6. The third-order valence-electron chi connectivity index (χ3n) is 5.04. The molecule has 0 amide bonds. The topological polar surface area (TPSA) is 18.5 Å². The Hall–Kier alpha value is -1.65. The summed E-state index contributed by atoms with van der Waals surface area (Å²) in [4.78, 5) is 0. The van der Waals surface area contributed by atoms with Gasteiger partial charge in [-0.1, -0.05) is 20.3 Å². The number of hydrogen-bond donors (Lipinski definition) is 0. The van der Waals surface area contributed by atoms with Crippen LogP contribution >= 0.6 is 0 Å². The molecule has 152 valence electrons. The molecular weight excluding hydrogens is 353 g/mol. The molecule has 2 rings (SSSR count). The molecule has 1 saturated carbocycles. The smallest absolute Gasteiger partial charge is 0.204 e. The van der Waals surface area contributed by atoms with Gasteiger partial charge < -0.3 is 9.47 Å². The summed E-state index contributed by atoms with van der Waals surface area (Å²) in [6.45, 7) is 4.68. The lowest BCUT2D eigenvalue weighted by molar-refractivity contribution is 0.186. The lowest BCUT2D eigenvalue weighted by Crippen LogP contribution is -2.19. The van der Waals surface area contributed by atoms with Crippen molar-refractivity contribution in [1.29, 1.82) is 0 Å². The zero-order chi connectivity index (χ0) is 19.6. The van der Waals surface area contributed by atoms with Crippen LogP contribution in [0.2, 0.25) is 0 Å². The standard InChI is InChI=1S/C22H31F3O2/c1-3-5-13-26-19-11-12-20(22(25)21(19)24)27-15-17-9-7-16(8-10-17)14-18(23)6-4-2/h11-12,14,16-17H,3-10,13,15H2,1-2H3. The summed E-state index contributed by atoms with van der Waals surface area (Å²) in [5.74, 6) is -1.60. The predicted octanol–water partition coefficient (Wildman–Crippen LogP) is 6.98. The van der Waals surface area contributed by atoms with Crippen molar-refractivity contribution in [1.82, 2.24) is 0 Å². The van der Waals surface area contributed by atoms with E-state index >= 15 is 0 Å². The van der Waals surface area contributed by atoms with Gasteiger partial charge in [0.25, 0.3) is 0 Å². The Morgan fingerprint density at radius 3 is 2.22 bits per heavy atom. The predicted molar refractivity (Wildman–Crippen MR) is 102 cm³/mol. The third kappa shape index (κ3) is 6.78. The summed E-state index contributed by atoms with van der Waals surface area (Å²) in [6.07, 6.45) is 8.42. The molecule has 0 bridgehead atoms. The Balaban J connectivity index is 1.82. The monoisotopic (exact) mass is 384 g/mol. The number of halogens is 3. The highest BCUT2D eigenvalue weighted by Gasteiger charge is 2.22. The van der Waals surface area contributed by atoms with Crippen LogP contribution in [-0.2, 0) is 0 Å². The summed E-state index contributed by atoms with van der Waals surface area (Å²) >= 11 is 0. The van der Waals surface area contributed by atoms with Crippen molar-refractivity contribution in [3.63, 3.8) is 0 Å². The maximum atomic E-state index is 14.2. The van der Waals surface area contributed by atoms with Crippen molar-refractivity contribution < 1.29 is 22.6 Å². The molecule has 1 aromatic carbocycles. The Morgan fingerprint density at radius 1 is 1.00 bits per heavy atom.